The van der Waals surface area contributed by atoms with Crippen LogP contribution in [-0.2, 0) is 6.42 Å². The minimum Gasteiger partial charge on any atom is -0.493 e. The zero-order chi connectivity index (χ0) is 23.1. The van der Waals surface area contributed by atoms with Crippen molar-refractivity contribution in [3.8, 4) is 11.8 Å². The Morgan fingerprint density at radius 2 is 1.88 bits per heavy atom. The summed E-state index contributed by atoms with van der Waals surface area (Å²) in [5.41, 5.74) is 4.80. The maximum atomic E-state index is 12.6. The summed E-state index contributed by atoms with van der Waals surface area (Å²) in [6, 6.07) is 20.3. The van der Waals surface area contributed by atoms with Gasteiger partial charge < -0.3 is 4.74 Å². The van der Waals surface area contributed by atoms with Gasteiger partial charge in [0.15, 0.2) is 5.11 Å². The first kappa shape index (κ1) is 22.7. The molecule has 0 radical (unpaired) electrons. The topological polar surface area (TPSA) is 96.2 Å². The molecule has 0 aliphatic carbocycles. The van der Waals surface area contributed by atoms with Gasteiger partial charge in [-0.1, -0.05) is 36.4 Å². The van der Waals surface area contributed by atoms with Crippen molar-refractivity contribution in [2.24, 2.45) is 0 Å². The number of hydrogen-bond acceptors (Lipinski definition) is 5. The lowest BCUT2D eigenvalue weighted by atomic mass is 10.1. The van der Waals surface area contributed by atoms with E-state index in [1.807, 2.05) is 36.4 Å². The number of carbonyl (C=O) groups is 1. The molecule has 0 fully saturated rings. The Morgan fingerprint density at radius 1 is 1.12 bits per heavy atom. The van der Waals surface area contributed by atoms with Crippen molar-refractivity contribution in [2.45, 2.75) is 20.3 Å². The van der Waals surface area contributed by atoms with Crippen molar-refractivity contribution in [1.82, 2.24) is 9.99 Å². The Kier molecular flexibility index (Phi) is 7.37. The van der Waals surface area contributed by atoms with Crippen LogP contribution in [0.15, 0.2) is 65.5 Å². The largest absolute Gasteiger partial charge is 0.493 e. The number of pyridine rings is 1. The number of nitrogens with zero attached hydrogens (tertiary/aromatic N) is 2. The fourth-order valence-corrected chi connectivity index (χ4v) is 3.31. The van der Waals surface area contributed by atoms with E-state index in [-0.39, 0.29) is 10.7 Å². The average molecular weight is 447 g/mol. The lowest BCUT2D eigenvalue weighted by Gasteiger charge is -2.15. The van der Waals surface area contributed by atoms with Crippen molar-refractivity contribution < 1.29 is 9.53 Å². The molecule has 0 saturated carbocycles. The highest BCUT2D eigenvalue weighted by molar-refractivity contribution is 7.80. The number of carbonyl (C=O) groups excluding carboxylic acids is 1. The van der Waals surface area contributed by atoms with Crippen LogP contribution in [0, 0.1) is 25.2 Å². The number of ether oxygens (including phenoxy) is 1. The van der Waals surface area contributed by atoms with E-state index >= 15 is 0 Å². The third-order valence-corrected chi connectivity index (χ3v) is 4.93. The van der Waals surface area contributed by atoms with Crippen molar-refractivity contribution >= 4 is 23.2 Å². The third-order valence-electron chi connectivity index (χ3n) is 4.74. The van der Waals surface area contributed by atoms with Crippen molar-refractivity contribution in [2.75, 3.05) is 12.0 Å². The summed E-state index contributed by atoms with van der Waals surface area (Å²) in [5.74, 6) is 0.117. The second kappa shape index (κ2) is 10.4. The molecule has 0 unspecified atom stereocenters. The van der Waals surface area contributed by atoms with Gasteiger partial charge in [-0.25, -0.2) is 4.68 Å². The van der Waals surface area contributed by atoms with Gasteiger partial charge in [-0.05, 0) is 61.5 Å². The van der Waals surface area contributed by atoms with Crippen LogP contribution in [0.2, 0.25) is 0 Å². The van der Waals surface area contributed by atoms with E-state index in [2.05, 4.69) is 10.7 Å². The molecule has 0 spiro atoms. The van der Waals surface area contributed by atoms with Crippen LogP contribution in [0.1, 0.15) is 32.7 Å². The van der Waals surface area contributed by atoms with Gasteiger partial charge in [0, 0.05) is 17.7 Å². The van der Waals surface area contributed by atoms with E-state index in [1.165, 1.54) is 5.56 Å². The monoisotopic (exact) mass is 446 g/mol. The maximum Gasteiger partial charge on any atom is 0.287 e. The van der Waals surface area contributed by atoms with Crippen molar-refractivity contribution in [3.63, 3.8) is 0 Å². The lowest BCUT2D eigenvalue weighted by Crippen LogP contribution is -2.43. The molecule has 3 aromatic rings. The molecular weight excluding hydrogens is 424 g/mol. The van der Waals surface area contributed by atoms with Gasteiger partial charge in [0.25, 0.3) is 11.5 Å². The predicted octanol–water partition coefficient (Wildman–Crippen LogP) is 3.22. The standard InChI is InChI=1S/C24H22N4O3S/c1-16-13-17(2)28(23(30)21(16)15-25)27-24(32)26-22(29)19-9-6-10-20(14-19)31-12-11-18-7-4-3-5-8-18/h3-10,13-14H,11-12H2,1-2H3,(H2,26,27,29,32). The van der Waals surface area contributed by atoms with Gasteiger partial charge in [-0.15, -0.1) is 0 Å². The molecule has 0 atom stereocenters. The summed E-state index contributed by atoms with van der Waals surface area (Å²) < 4.78 is 6.90. The van der Waals surface area contributed by atoms with Crippen LogP contribution >= 0.6 is 12.2 Å². The first-order valence-corrected chi connectivity index (χ1v) is 10.3. The zero-order valence-electron chi connectivity index (χ0n) is 17.7. The Morgan fingerprint density at radius 3 is 2.59 bits per heavy atom. The third kappa shape index (κ3) is 5.59. The quantitative estimate of drug-likeness (QED) is 0.565. The van der Waals surface area contributed by atoms with Gasteiger partial charge >= 0.3 is 0 Å². The summed E-state index contributed by atoms with van der Waals surface area (Å²) in [6.07, 6.45) is 0.751. The molecule has 32 heavy (non-hydrogen) atoms. The molecule has 2 aromatic carbocycles. The molecule has 3 rings (SSSR count). The molecule has 0 saturated heterocycles. The molecule has 1 aromatic heterocycles. The number of thiocarbonyl (C=S) groups is 1. The first-order chi connectivity index (χ1) is 15.4. The molecule has 2 N–H and O–H groups in total. The number of nitrogens with one attached hydrogen (secondary N) is 2. The lowest BCUT2D eigenvalue weighted by molar-refractivity contribution is 0.0977. The summed E-state index contributed by atoms with van der Waals surface area (Å²) in [5, 5.41) is 11.7. The molecule has 162 valence electrons. The normalized spacial score (nSPS) is 10.2. The summed E-state index contributed by atoms with van der Waals surface area (Å²) in [4.78, 5) is 25.1. The molecule has 0 aliphatic rings. The molecule has 0 bridgehead atoms. The highest BCUT2D eigenvalue weighted by Crippen LogP contribution is 2.14. The smallest absolute Gasteiger partial charge is 0.287 e. The SMILES string of the molecule is Cc1cc(C)n(NC(=S)NC(=O)c2cccc(OCCc3ccccc3)c2)c(=O)c1C#N. The predicted molar refractivity (Wildman–Crippen MR) is 126 cm³/mol. The minimum atomic E-state index is -0.532. The highest BCUT2D eigenvalue weighted by atomic mass is 32.1. The number of rotatable bonds is 6. The van der Waals surface area contributed by atoms with E-state index in [9.17, 15) is 14.9 Å². The summed E-state index contributed by atoms with van der Waals surface area (Å²) in [7, 11) is 0. The molecule has 1 amide bonds. The second-order valence-electron chi connectivity index (χ2n) is 7.10. The van der Waals surface area contributed by atoms with E-state index in [0.29, 0.717) is 29.2 Å². The van der Waals surface area contributed by atoms with Gasteiger partial charge in [-0.2, -0.15) is 5.26 Å². The summed E-state index contributed by atoms with van der Waals surface area (Å²) >= 11 is 5.18. The van der Waals surface area contributed by atoms with E-state index in [4.69, 9.17) is 17.0 Å². The van der Waals surface area contributed by atoms with Crippen molar-refractivity contribution in [1.29, 1.82) is 5.26 Å². The number of hydrogen-bond donors (Lipinski definition) is 2. The molecule has 7 nitrogen and oxygen atoms in total. The number of benzene rings is 2. The Bertz CT molecular complexity index is 1250. The van der Waals surface area contributed by atoms with Gasteiger partial charge in [0.05, 0.1) is 6.61 Å². The number of aromatic nitrogens is 1. The van der Waals surface area contributed by atoms with Crippen LogP contribution in [0.3, 0.4) is 0 Å². The van der Waals surface area contributed by atoms with Crippen molar-refractivity contribution in [3.05, 3.63) is 99.0 Å². The van der Waals surface area contributed by atoms with Gasteiger partial charge in [-0.3, -0.25) is 20.3 Å². The van der Waals surface area contributed by atoms with Crippen LogP contribution in [0.25, 0.3) is 0 Å². The van der Waals surface area contributed by atoms with E-state index < -0.39 is 11.5 Å². The van der Waals surface area contributed by atoms with Crippen LogP contribution < -0.4 is 21.0 Å². The average Bonchev–Trinajstić information content (AvgIpc) is 2.78. The number of amides is 1. The second-order valence-corrected chi connectivity index (χ2v) is 7.51. The van der Waals surface area contributed by atoms with Crippen LogP contribution in [-0.4, -0.2) is 22.3 Å². The Balaban J connectivity index is 1.62. The minimum absolute atomic E-state index is 0.0116. The molecule has 8 heteroatoms. The Labute approximate surface area is 191 Å². The number of aryl methyl sites for hydroxylation is 2. The van der Waals surface area contributed by atoms with Crippen LogP contribution in [0.5, 0.6) is 5.75 Å². The van der Waals surface area contributed by atoms with Gasteiger partial charge in [0.1, 0.15) is 17.4 Å². The summed E-state index contributed by atoms with van der Waals surface area (Å²) in [6.45, 7) is 3.86. The fourth-order valence-electron chi connectivity index (χ4n) is 3.13. The van der Waals surface area contributed by atoms with E-state index in [1.54, 1.807) is 44.2 Å². The maximum absolute atomic E-state index is 12.6. The number of nitriles is 1. The van der Waals surface area contributed by atoms with Gasteiger partial charge in [0.2, 0.25) is 0 Å². The van der Waals surface area contributed by atoms with Crippen LogP contribution in [0.4, 0.5) is 0 Å². The highest BCUT2D eigenvalue weighted by Gasteiger charge is 2.13. The first-order valence-electron chi connectivity index (χ1n) is 9.91. The molecule has 0 aliphatic heterocycles. The zero-order valence-corrected chi connectivity index (χ0v) is 18.5. The molecular formula is C24H22N4O3S. The fraction of sp³-hybridized carbons (Fsp3) is 0.167. The molecule has 1 heterocycles. The Hall–Kier alpha value is -3.96. The van der Waals surface area contributed by atoms with E-state index in [0.717, 1.165) is 11.1 Å².